The molecule has 8 heteroatoms. The third-order valence-corrected chi connectivity index (χ3v) is 5.33. The highest BCUT2D eigenvalue weighted by molar-refractivity contribution is 6.07. The summed E-state index contributed by atoms with van der Waals surface area (Å²) in [6.45, 7) is 8.68. The number of carbonyl (C=O) groups is 3. The SMILES string of the molecule is CCOC(=O)C(CCC(N)C(=O)OC(C)(C)C)(C(=O)OCC)c1ccc2cc(OC)ccc2c1. The van der Waals surface area contributed by atoms with Crippen molar-refractivity contribution in [1.29, 1.82) is 0 Å². The van der Waals surface area contributed by atoms with Gasteiger partial charge in [-0.1, -0.05) is 18.2 Å². The first kappa shape index (κ1) is 27.1. The minimum Gasteiger partial charge on any atom is -0.497 e. The number of hydrogen-bond acceptors (Lipinski definition) is 8. The zero-order valence-corrected chi connectivity index (χ0v) is 20.8. The van der Waals surface area contributed by atoms with E-state index in [0.717, 1.165) is 10.8 Å². The number of carbonyl (C=O) groups excluding carboxylic acids is 3. The molecule has 186 valence electrons. The Morgan fingerprint density at radius 3 is 2.00 bits per heavy atom. The number of esters is 3. The predicted molar refractivity (Wildman–Crippen MR) is 128 cm³/mol. The Morgan fingerprint density at radius 2 is 1.47 bits per heavy atom. The quantitative estimate of drug-likeness (QED) is 0.316. The van der Waals surface area contributed by atoms with Crippen LogP contribution in [0.1, 0.15) is 53.0 Å². The maximum Gasteiger partial charge on any atom is 0.328 e. The number of rotatable bonds is 10. The Morgan fingerprint density at radius 1 is 0.912 bits per heavy atom. The number of benzene rings is 2. The van der Waals surface area contributed by atoms with E-state index in [1.165, 1.54) is 0 Å². The number of ether oxygens (including phenoxy) is 4. The molecule has 0 aliphatic heterocycles. The van der Waals surface area contributed by atoms with E-state index in [-0.39, 0.29) is 26.1 Å². The second-order valence-corrected chi connectivity index (χ2v) is 8.95. The molecule has 2 aromatic carbocycles. The summed E-state index contributed by atoms with van der Waals surface area (Å²) in [6, 6.07) is 9.69. The molecule has 0 spiro atoms. The van der Waals surface area contributed by atoms with E-state index in [4.69, 9.17) is 24.7 Å². The van der Waals surface area contributed by atoms with Gasteiger partial charge < -0.3 is 24.7 Å². The molecule has 2 N–H and O–H groups in total. The van der Waals surface area contributed by atoms with Crippen molar-refractivity contribution in [3.8, 4) is 5.75 Å². The van der Waals surface area contributed by atoms with Gasteiger partial charge in [0.2, 0.25) is 0 Å². The largest absolute Gasteiger partial charge is 0.497 e. The third-order valence-electron chi connectivity index (χ3n) is 5.33. The predicted octanol–water partition coefficient (Wildman–Crippen LogP) is 3.66. The molecule has 34 heavy (non-hydrogen) atoms. The Labute approximate surface area is 200 Å². The van der Waals surface area contributed by atoms with Gasteiger partial charge in [-0.3, -0.25) is 14.4 Å². The van der Waals surface area contributed by atoms with E-state index >= 15 is 0 Å². The van der Waals surface area contributed by atoms with Gasteiger partial charge in [-0.15, -0.1) is 0 Å². The maximum atomic E-state index is 13.3. The van der Waals surface area contributed by atoms with Crippen LogP contribution in [0, 0.1) is 0 Å². The van der Waals surface area contributed by atoms with Gasteiger partial charge in [-0.2, -0.15) is 0 Å². The lowest BCUT2D eigenvalue weighted by Gasteiger charge is -2.31. The molecule has 0 amide bonds. The van der Waals surface area contributed by atoms with Crippen molar-refractivity contribution in [3.63, 3.8) is 0 Å². The van der Waals surface area contributed by atoms with E-state index in [0.29, 0.717) is 11.3 Å². The Hall–Kier alpha value is -3.13. The third kappa shape index (κ3) is 6.26. The lowest BCUT2D eigenvalue weighted by Crippen LogP contribution is -2.48. The summed E-state index contributed by atoms with van der Waals surface area (Å²) >= 11 is 0. The average Bonchev–Trinajstić information content (AvgIpc) is 2.78. The molecule has 2 aromatic rings. The molecule has 0 aliphatic carbocycles. The van der Waals surface area contributed by atoms with E-state index < -0.39 is 35.0 Å². The van der Waals surface area contributed by atoms with Crippen molar-refractivity contribution in [2.45, 2.75) is 64.5 Å². The number of methoxy groups -OCH3 is 1. The van der Waals surface area contributed by atoms with Gasteiger partial charge in [0, 0.05) is 0 Å². The number of fused-ring (bicyclic) bond motifs is 1. The maximum absolute atomic E-state index is 13.3. The lowest BCUT2D eigenvalue weighted by atomic mass is 9.75. The van der Waals surface area contributed by atoms with Crippen molar-refractivity contribution >= 4 is 28.7 Å². The van der Waals surface area contributed by atoms with E-state index in [1.807, 2.05) is 12.1 Å². The Bertz CT molecular complexity index is 1010. The first-order valence-electron chi connectivity index (χ1n) is 11.4. The fraction of sp³-hybridized carbons (Fsp3) is 0.500. The van der Waals surface area contributed by atoms with Crippen LogP contribution in [0.4, 0.5) is 0 Å². The Kier molecular flexibility index (Phi) is 9.04. The molecule has 1 atom stereocenters. The summed E-state index contributed by atoms with van der Waals surface area (Å²) in [5.41, 5.74) is 3.98. The summed E-state index contributed by atoms with van der Waals surface area (Å²) in [5, 5.41) is 1.67. The lowest BCUT2D eigenvalue weighted by molar-refractivity contribution is -0.166. The highest BCUT2D eigenvalue weighted by Crippen LogP contribution is 2.36. The standard InChI is InChI=1S/C26H35NO7/c1-7-32-23(29)26(24(30)33-8-2,14-13-21(27)22(28)34-25(3,4)5)19-11-9-18-16-20(31-6)12-10-17(18)15-19/h9-12,15-16,21H,7-8,13-14,27H2,1-6H3. The molecule has 0 radical (unpaired) electrons. The zero-order chi connectivity index (χ0) is 25.5. The fourth-order valence-corrected chi connectivity index (χ4v) is 3.66. The molecule has 0 bridgehead atoms. The summed E-state index contributed by atoms with van der Waals surface area (Å²) in [7, 11) is 1.58. The molecule has 8 nitrogen and oxygen atoms in total. The summed E-state index contributed by atoms with van der Waals surface area (Å²) in [5.74, 6) is -1.43. The second-order valence-electron chi connectivity index (χ2n) is 8.95. The van der Waals surface area contributed by atoms with Gasteiger partial charge in [-0.25, -0.2) is 0 Å². The van der Waals surface area contributed by atoms with Crippen LogP contribution < -0.4 is 10.5 Å². The Balaban J connectivity index is 2.55. The van der Waals surface area contributed by atoms with Crippen LogP contribution in [0.15, 0.2) is 36.4 Å². The molecule has 0 fully saturated rings. The second kappa shape index (κ2) is 11.3. The molecular formula is C26H35NO7. The molecule has 0 heterocycles. The smallest absolute Gasteiger partial charge is 0.328 e. The van der Waals surface area contributed by atoms with Crippen LogP contribution in [0.2, 0.25) is 0 Å². The number of hydrogen-bond donors (Lipinski definition) is 1. The van der Waals surface area contributed by atoms with Crippen LogP contribution in [-0.4, -0.2) is 49.9 Å². The van der Waals surface area contributed by atoms with E-state index in [1.54, 1.807) is 66.0 Å². The summed E-state index contributed by atoms with van der Waals surface area (Å²) < 4.78 is 21.3. The monoisotopic (exact) mass is 473 g/mol. The van der Waals surface area contributed by atoms with E-state index in [2.05, 4.69) is 0 Å². The van der Waals surface area contributed by atoms with Crippen LogP contribution in [-0.2, 0) is 34.0 Å². The molecule has 0 aliphatic rings. The molecular weight excluding hydrogens is 438 g/mol. The highest BCUT2D eigenvalue weighted by Gasteiger charge is 2.51. The van der Waals surface area contributed by atoms with Crippen LogP contribution in [0.25, 0.3) is 10.8 Å². The molecule has 0 aromatic heterocycles. The minimum atomic E-state index is -1.79. The van der Waals surface area contributed by atoms with E-state index in [9.17, 15) is 14.4 Å². The topological polar surface area (TPSA) is 114 Å². The normalized spacial score (nSPS) is 12.7. The van der Waals surface area contributed by atoms with Crippen molar-refractivity contribution in [3.05, 3.63) is 42.0 Å². The van der Waals surface area contributed by atoms with Crippen molar-refractivity contribution in [2.24, 2.45) is 5.73 Å². The number of nitrogens with two attached hydrogens (primary N) is 1. The van der Waals surface area contributed by atoms with Crippen molar-refractivity contribution in [2.75, 3.05) is 20.3 Å². The summed E-state index contributed by atoms with van der Waals surface area (Å²) in [6.07, 6.45) is -0.0834. The first-order valence-corrected chi connectivity index (χ1v) is 11.4. The fourth-order valence-electron chi connectivity index (χ4n) is 3.66. The molecule has 0 saturated heterocycles. The van der Waals surface area contributed by atoms with Crippen LogP contribution in [0.3, 0.4) is 0 Å². The molecule has 0 saturated carbocycles. The zero-order valence-electron chi connectivity index (χ0n) is 20.8. The van der Waals surface area contributed by atoms with Gasteiger partial charge in [0.1, 0.15) is 17.4 Å². The van der Waals surface area contributed by atoms with Crippen molar-refractivity contribution in [1.82, 2.24) is 0 Å². The van der Waals surface area contributed by atoms with Gasteiger partial charge in [0.05, 0.1) is 20.3 Å². The van der Waals surface area contributed by atoms with Crippen molar-refractivity contribution < 1.29 is 33.3 Å². The molecule has 2 rings (SSSR count). The van der Waals surface area contributed by atoms with Crippen LogP contribution in [0.5, 0.6) is 5.75 Å². The van der Waals surface area contributed by atoms with Gasteiger partial charge in [0.25, 0.3) is 0 Å². The minimum absolute atomic E-state index is 0.00713. The van der Waals surface area contributed by atoms with Gasteiger partial charge in [0.15, 0.2) is 5.41 Å². The molecule has 1 unspecified atom stereocenters. The average molecular weight is 474 g/mol. The summed E-state index contributed by atoms with van der Waals surface area (Å²) in [4.78, 5) is 39.1. The first-order chi connectivity index (χ1) is 16.0. The highest BCUT2D eigenvalue weighted by atomic mass is 16.6. The van der Waals surface area contributed by atoms with Crippen LogP contribution >= 0.6 is 0 Å². The van der Waals surface area contributed by atoms with Gasteiger partial charge in [-0.05, 0) is 82.0 Å². The van der Waals surface area contributed by atoms with Gasteiger partial charge >= 0.3 is 17.9 Å².